The molecule has 2 amide bonds. The number of nitrogens with zero attached hydrogens (tertiary/aromatic N) is 1. The Bertz CT molecular complexity index is 582. The third-order valence-corrected chi connectivity index (χ3v) is 2.88. The molecule has 1 fully saturated rings. The number of urea groups is 1. The second-order valence-corrected chi connectivity index (χ2v) is 4.62. The lowest BCUT2D eigenvalue weighted by Crippen LogP contribution is -2.30. The monoisotopic (exact) mass is 302 g/mol. The first-order chi connectivity index (χ1) is 9.81. The van der Waals surface area contributed by atoms with Gasteiger partial charge in [-0.3, -0.25) is 0 Å². The van der Waals surface area contributed by atoms with Crippen molar-refractivity contribution in [2.45, 2.75) is 25.1 Å². The first-order valence-electron chi connectivity index (χ1n) is 6.08. The summed E-state index contributed by atoms with van der Waals surface area (Å²) in [6.07, 6.45) is -2.97. The number of oxime groups is 1. The number of carbonyl (C=O) groups is 1. The third-order valence-electron chi connectivity index (χ3n) is 2.88. The second-order valence-electron chi connectivity index (χ2n) is 4.62. The lowest BCUT2D eigenvalue weighted by molar-refractivity contribution is -0.137. The van der Waals surface area contributed by atoms with Crippen molar-refractivity contribution in [3.63, 3.8) is 0 Å². The highest BCUT2D eigenvalue weighted by Crippen LogP contribution is 2.33. The number of hydrogen-bond donors (Lipinski definition) is 4. The summed E-state index contributed by atoms with van der Waals surface area (Å²) >= 11 is 0. The van der Waals surface area contributed by atoms with Crippen LogP contribution in [0.25, 0.3) is 0 Å². The molecule has 1 aliphatic carbocycles. The van der Waals surface area contributed by atoms with Gasteiger partial charge in [0.25, 0.3) is 0 Å². The summed E-state index contributed by atoms with van der Waals surface area (Å²) in [5.74, 6) is -0.656. The van der Waals surface area contributed by atoms with Gasteiger partial charge in [0.05, 0.1) is 5.56 Å². The van der Waals surface area contributed by atoms with Crippen LogP contribution in [0.15, 0.2) is 23.4 Å². The van der Waals surface area contributed by atoms with Crippen LogP contribution in [0.5, 0.6) is 0 Å². The molecule has 0 atom stereocenters. The van der Waals surface area contributed by atoms with Gasteiger partial charge in [-0.2, -0.15) is 13.2 Å². The van der Waals surface area contributed by atoms with Crippen molar-refractivity contribution in [1.29, 1.82) is 0 Å². The summed E-state index contributed by atoms with van der Waals surface area (Å²) in [5, 5.41) is 16.0. The van der Waals surface area contributed by atoms with Gasteiger partial charge >= 0.3 is 12.2 Å². The number of amides is 2. The average molecular weight is 302 g/mol. The van der Waals surface area contributed by atoms with Crippen LogP contribution in [0.4, 0.5) is 23.7 Å². The van der Waals surface area contributed by atoms with Crippen molar-refractivity contribution in [1.82, 2.24) is 5.32 Å². The normalized spacial score (nSPS) is 15.7. The first kappa shape index (κ1) is 14.9. The average Bonchev–Trinajstić information content (AvgIpc) is 3.20. The fourth-order valence-corrected chi connectivity index (χ4v) is 1.71. The third kappa shape index (κ3) is 3.77. The van der Waals surface area contributed by atoms with E-state index in [1.165, 1.54) is 6.07 Å². The molecule has 0 bridgehead atoms. The molecule has 0 unspecified atom stereocenters. The molecule has 5 N–H and O–H groups in total. The summed E-state index contributed by atoms with van der Waals surface area (Å²) in [7, 11) is 0. The van der Waals surface area contributed by atoms with Crippen molar-refractivity contribution in [3.05, 3.63) is 29.3 Å². The second kappa shape index (κ2) is 5.51. The van der Waals surface area contributed by atoms with E-state index in [0.717, 1.165) is 25.0 Å². The number of amidine groups is 1. The predicted molar refractivity (Wildman–Crippen MR) is 69.1 cm³/mol. The van der Waals surface area contributed by atoms with Crippen LogP contribution in [0.1, 0.15) is 24.0 Å². The number of benzene rings is 1. The first-order valence-corrected chi connectivity index (χ1v) is 6.08. The molecule has 114 valence electrons. The summed E-state index contributed by atoms with van der Waals surface area (Å²) in [5.41, 5.74) is 3.63. The van der Waals surface area contributed by atoms with E-state index in [1.54, 1.807) is 0 Å². The van der Waals surface area contributed by atoms with Crippen LogP contribution in [-0.4, -0.2) is 23.1 Å². The van der Waals surface area contributed by atoms with Gasteiger partial charge in [0, 0.05) is 17.3 Å². The summed E-state index contributed by atoms with van der Waals surface area (Å²) < 4.78 is 38.9. The van der Waals surface area contributed by atoms with E-state index in [0.29, 0.717) is 0 Å². The van der Waals surface area contributed by atoms with Gasteiger partial charge in [0.2, 0.25) is 0 Å². The SMILES string of the molecule is NC(=NO)c1ccc(NC(=O)NC2CC2)cc1C(F)(F)F. The Morgan fingerprint density at radius 1 is 1.38 bits per heavy atom. The maximum Gasteiger partial charge on any atom is 0.417 e. The largest absolute Gasteiger partial charge is 0.417 e. The number of anilines is 1. The molecule has 0 heterocycles. The van der Waals surface area contributed by atoms with E-state index < -0.39 is 29.2 Å². The van der Waals surface area contributed by atoms with Crippen molar-refractivity contribution < 1.29 is 23.2 Å². The number of nitrogens with one attached hydrogen (secondary N) is 2. The van der Waals surface area contributed by atoms with Gasteiger partial charge < -0.3 is 21.6 Å². The van der Waals surface area contributed by atoms with Crippen LogP contribution in [0.2, 0.25) is 0 Å². The maximum absolute atomic E-state index is 13.0. The van der Waals surface area contributed by atoms with Crippen LogP contribution in [0, 0.1) is 0 Å². The molecule has 0 aliphatic heterocycles. The molecule has 0 saturated heterocycles. The highest BCUT2D eigenvalue weighted by atomic mass is 19.4. The lowest BCUT2D eigenvalue weighted by Gasteiger charge is -2.14. The molecule has 6 nitrogen and oxygen atoms in total. The van der Waals surface area contributed by atoms with Gasteiger partial charge in [-0.15, -0.1) is 0 Å². The molecule has 0 aromatic heterocycles. The molecule has 1 saturated carbocycles. The van der Waals surface area contributed by atoms with Crippen molar-refractivity contribution >= 4 is 17.6 Å². The molecule has 1 aromatic rings. The van der Waals surface area contributed by atoms with Crippen molar-refractivity contribution in [2.24, 2.45) is 10.9 Å². The molecule has 1 aromatic carbocycles. The van der Waals surface area contributed by atoms with E-state index in [1.807, 2.05) is 0 Å². The van der Waals surface area contributed by atoms with Crippen LogP contribution < -0.4 is 16.4 Å². The molecule has 0 radical (unpaired) electrons. The van der Waals surface area contributed by atoms with E-state index in [4.69, 9.17) is 10.9 Å². The molecule has 9 heteroatoms. The van der Waals surface area contributed by atoms with E-state index in [9.17, 15) is 18.0 Å². The Balaban J connectivity index is 2.26. The Morgan fingerprint density at radius 3 is 2.57 bits per heavy atom. The smallest absolute Gasteiger partial charge is 0.409 e. The molecule has 21 heavy (non-hydrogen) atoms. The highest BCUT2D eigenvalue weighted by Gasteiger charge is 2.35. The maximum atomic E-state index is 13.0. The lowest BCUT2D eigenvalue weighted by atomic mass is 10.1. The Hall–Kier alpha value is -2.45. The number of rotatable bonds is 3. The topological polar surface area (TPSA) is 99.7 Å². The predicted octanol–water partition coefficient (Wildman–Crippen LogP) is 2.08. The standard InChI is InChI=1S/C12H13F3N4O2/c13-12(14,15)9-5-7(3-4-8(9)10(16)19-21)18-11(20)17-6-1-2-6/h3-6,21H,1-2H2,(H2,16,19)(H2,17,18,20). The quantitative estimate of drug-likeness (QED) is 0.298. The van der Waals surface area contributed by atoms with E-state index >= 15 is 0 Å². The van der Waals surface area contributed by atoms with Crippen LogP contribution in [-0.2, 0) is 6.18 Å². The summed E-state index contributed by atoms with van der Waals surface area (Å²) in [6.45, 7) is 0. The van der Waals surface area contributed by atoms with Gasteiger partial charge in [-0.1, -0.05) is 5.16 Å². The van der Waals surface area contributed by atoms with E-state index in [2.05, 4.69) is 15.8 Å². The fraction of sp³-hybridized carbons (Fsp3) is 0.333. The van der Waals surface area contributed by atoms with Gasteiger partial charge in [-0.25, -0.2) is 4.79 Å². The zero-order valence-corrected chi connectivity index (χ0v) is 10.7. The number of carbonyl (C=O) groups excluding carboxylic acids is 1. The van der Waals surface area contributed by atoms with Crippen LogP contribution >= 0.6 is 0 Å². The Morgan fingerprint density at radius 2 is 2.05 bits per heavy atom. The van der Waals surface area contributed by atoms with Crippen molar-refractivity contribution in [3.8, 4) is 0 Å². The Kier molecular flexibility index (Phi) is 3.92. The molecule has 0 spiro atoms. The number of nitrogens with two attached hydrogens (primary N) is 1. The number of halogens is 3. The minimum Gasteiger partial charge on any atom is -0.409 e. The van der Waals surface area contributed by atoms with E-state index in [-0.39, 0.29) is 11.7 Å². The summed E-state index contributed by atoms with van der Waals surface area (Å²) in [4.78, 5) is 11.5. The highest BCUT2D eigenvalue weighted by molar-refractivity contribution is 5.99. The van der Waals surface area contributed by atoms with Gasteiger partial charge in [0.15, 0.2) is 5.84 Å². The van der Waals surface area contributed by atoms with Gasteiger partial charge in [0.1, 0.15) is 0 Å². The zero-order valence-electron chi connectivity index (χ0n) is 10.7. The fourth-order valence-electron chi connectivity index (χ4n) is 1.71. The van der Waals surface area contributed by atoms with Crippen LogP contribution in [0.3, 0.4) is 0 Å². The summed E-state index contributed by atoms with van der Waals surface area (Å²) in [6, 6.07) is 2.53. The zero-order chi connectivity index (χ0) is 15.6. The molecule has 2 rings (SSSR count). The number of hydrogen-bond acceptors (Lipinski definition) is 3. The molecular formula is C12H13F3N4O2. The molecular weight excluding hydrogens is 289 g/mol. The minimum absolute atomic E-state index is 0.0324. The van der Waals surface area contributed by atoms with Gasteiger partial charge in [-0.05, 0) is 31.0 Å². The minimum atomic E-state index is -4.70. The molecule has 1 aliphatic rings. The Labute approximate surface area is 117 Å². The van der Waals surface area contributed by atoms with Crippen molar-refractivity contribution in [2.75, 3.05) is 5.32 Å². The number of alkyl halides is 3.